The molecule has 0 aliphatic rings. The third-order valence-electron chi connectivity index (χ3n) is 1.89. The standard InChI is InChI=1S/C10H12N2O3/c11-10(15)12-8(9(13)14)6-7-4-2-1-3-5-7/h1-5,8H,6H2,(H,13,14)(H3,11,12,15)/t8-/m0/s1/i/hD. The third kappa shape index (κ3) is 3.68. The van der Waals surface area contributed by atoms with Crippen molar-refractivity contribution in [2.45, 2.75) is 12.5 Å². The number of benzene rings is 1. The van der Waals surface area contributed by atoms with Crippen molar-refractivity contribution in [1.82, 2.24) is 5.32 Å². The van der Waals surface area contributed by atoms with Crippen molar-refractivity contribution in [3.05, 3.63) is 35.9 Å². The van der Waals surface area contributed by atoms with E-state index in [0.717, 1.165) is 5.56 Å². The van der Waals surface area contributed by atoms with Crippen LogP contribution in [0, 0.1) is 0 Å². The fraction of sp³-hybridized carbons (Fsp3) is 0.200. The van der Waals surface area contributed by atoms with Crippen LogP contribution >= 0.6 is 0 Å². The molecule has 1 atom stereocenters. The van der Waals surface area contributed by atoms with Gasteiger partial charge in [-0.1, -0.05) is 30.3 Å². The Morgan fingerprint density at radius 1 is 1.47 bits per heavy atom. The quantitative estimate of drug-likeness (QED) is 0.668. The third-order valence-corrected chi connectivity index (χ3v) is 1.89. The average molecular weight is 209 g/mol. The molecule has 1 aromatic rings. The number of hydrogen-bond acceptors (Lipinski definition) is 2. The van der Waals surface area contributed by atoms with Crippen molar-refractivity contribution in [2.75, 3.05) is 0 Å². The van der Waals surface area contributed by atoms with Gasteiger partial charge in [-0.05, 0) is 5.56 Å². The number of primary amides is 1. The highest BCUT2D eigenvalue weighted by Crippen LogP contribution is 2.03. The summed E-state index contributed by atoms with van der Waals surface area (Å²) < 4.78 is 6.57. The van der Waals surface area contributed by atoms with Crippen molar-refractivity contribution in [3.63, 3.8) is 0 Å². The molecule has 1 rings (SSSR count). The van der Waals surface area contributed by atoms with Gasteiger partial charge in [-0.3, -0.25) is 0 Å². The molecule has 1 aromatic carbocycles. The second-order valence-corrected chi connectivity index (χ2v) is 3.05. The molecule has 80 valence electrons. The zero-order valence-electron chi connectivity index (χ0n) is 8.93. The molecule has 0 fully saturated rings. The number of carboxylic acids is 1. The summed E-state index contributed by atoms with van der Waals surface area (Å²) in [4.78, 5) is 21.7. The second kappa shape index (κ2) is 4.99. The van der Waals surface area contributed by atoms with E-state index < -0.39 is 18.0 Å². The SMILES string of the molecule is [2H]NC(=O)N[C@@H](Cc1ccccc1)C(=O)O. The second-order valence-electron chi connectivity index (χ2n) is 3.05. The highest BCUT2D eigenvalue weighted by molar-refractivity contribution is 5.81. The van der Waals surface area contributed by atoms with Gasteiger partial charge >= 0.3 is 12.0 Å². The number of nitrogens with two attached hydrogens (primary N) is 1. The van der Waals surface area contributed by atoms with Gasteiger partial charge in [0, 0.05) is 6.42 Å². The summed E-state index contributed by atoms with van der Waals surface area (Å²) in [5.41, 5.74) is 2.38. The fourth-order valence-electron chi connectivity index (χ4n) is 1.21. The minimum Gasteiger partial charge on any atom is -0.480 e. The van der Waals surface area contributed by atoms with Crippen LogP contribution in [0.1, 0.15) is 5.56 Å². The van der Waals surface area contributed by atoms with Gasteiger partial charge in [0.2, 0.25) is 0 Å². The lowest BCUT2D eigenvalue weighted by Gasteiger charge is -2.12. The van der Waals surface area contributed by atoms with E-state index in [1.54, 1.807) is 30.0 Å². The largest absolute Gasteiger partial charge is 0.480 e. The first-order valence-electron chi connectivity index (χ1n) is 4.88. The van der Waals surface area contributed by atoms with Crippen LogP contribution in [0.25, 0.3) is 0 Å². The highest BCUT2D eigenvalue weighted by Gasteiger charge is 2.18. The summed E-state index contributed by atoms with van der Waals surface area (Å²) in [6.07, 6.45) is 0.184. The maximum atomic E-state index is 10.9. The Morgan fingerprint density at radius 3 is 2.67 bits per heavy atom. The van der Waals surface area contributed by atoms with Crippen LogP contribution in [-0.2, 0) is 11.2 Å². The van der Waals surface area contributed by atoms with Crippen LogP contribution in [0.3, 0.4) is 0 Å². The number of urea groups is 1. The number of rotatable bonds is 4. The molecule has 0 unspecified atom stereocenters. The zero-order chi connectivity index (χ0) is 12.0. The molecule has 0 saturated heterocycles. The first kappa shape index (κ1) is 9.51. The van der Waals surface area contributed by atoms with E-state index in [4.69, 9.17) is 6.52 Å². The van der Waals surface area contributed by atoms with Gasteiger partial charge in [0.15, 0.2) is 1.41 Å². The fourth-order valence-corrected chi connectivity index (χ4v) is 1.21. The molecule has 5 heteroatoms. The van der Waals surface area contributed by atoms with Gasteiger partial charge in [0.25, 0.3) is 0 Å². The molecule has 2 amide bonds. The predicted molar refractivity (Wildman–Crippen MR) is 54.3 cm³/mol. The molecule has 0 radical (unpaired) electrons. The molecule has 5 nitrogen and oxygen atoms in total. The first-order chi connectivity index (χ1) is 7.63. The number of aliphatic carboxylic acids is 1. The van der Waals surface area contributed by atoms with Gasteiger partial charge in [-0.25, -0.2) is 9.59 Å². The van der Waals surface area contributed by atoms with Crippen molar-refractivity contribution in [1.29, 1.82) is 0 Å². The van der Waals surface area contributed by atoms with E-state index >= 15 is 0 Å². The molecule has 0 bridgehead atoms. The van der Waals surface area contributed by atoms with Crippen LogP contribution in [0.15, 0.2) is 30.3 Å². The van der Waals surface area contributed by atoms with E-state index in [1.165, 1.54) is 0 Å². The molecule has 0 saturated carbocycles. The van der Waals surface area contributed by atoms with Crippen molar-refractivity contribution < 1.29 is 16.1 Å². The van der Waals surface area contributed by atoms with Gasteiger partial charge in [0.1, 0.15) is 6.04 Å². The maximum absolute atomic E-state index is 10.9. The molecule has 15 heavy (non-hydrogen) atoms. The zero-order valence-corrected chi connectivity index (χ0v) is 7.93. The maximum Gasteiger partial charge on any atom is 0.326 e. The monoisotopic (exact) mass is 209 g/mol. The predicted octanol–water partition coefficient (Wildman–Crippen LogP) is 0.351. The molecule has 4 N–H and O–H groups in total. The lowest BCUT2D eigenvalue weighted by Crippen LogP contribution is -2.44. The van der Waals surface area contributed by atoms with Crippen LogP contribution < -0.4 is 11.0 Å². The Morgan fingerprint density at radius 2 is 2.13 bits per heavy atom. The lowest BCUT2D eigenvalue weighted by atomic mass is 10.1. The molecular formula is C10H12N2O3. The number of carboxylic acid groups (broad SMARTS) is 1. The minimum atomic E-state index is -1.13. The van der Waals surface area contributed by atoms with Crippen LogP contribution in [0.5, 0.6) is 0 Å². The van der Waals surface area contributed by atoms with Gasteiger partial charge in [-0.2, -0.15) is 0 Å². The van der Waals surface area contributed by atoms with E-state index in [9.17, 15) is 9.59 Å². The normalized spacial score (nSPS) is 12.4. The van der Waals surface area contributed by atoms with Crippen LogP contribution in [0.2, 0.25) is 1.41 Å². The summed E-state index contributed by atoms with van der Waals surface area (Å²) in [7, 11) is 0. The van der Waals surface area contributed by atoms with Crippen molar-refractivity contribution in [2.24, 2.45) is 5.73 Å². The van der Waals surface area contributed by atoms with Gasteiger partial charge in [0.05, 0.1) is 0 Å². The Labute approximate surface area is 88.4 Å². The number of nitrogens with one attached hydrogen (secondary N) is 1. The van der Waals surface area contributed by atoms with Crippen molar-refractivity contribution in [3.8, 4) is 0 Å². The molecule has 0 aliphatic carbocycles. The van der Waals surface area contributed by atoms with E-state index in [0.29, 0.717) is 0 Å². The molecule has 0 aromatic heterocycles. The van der Waals surface area contributed by atoms with E-state index in [2.05, 4.69) is 5.32 Å². The number of carbonyl (C=O) groups excluding carboxylic acids is 1. The molecule has 0 spiro atoms. The number of amides is 2. The summed E-state index contributed by atoms with van der Waals surface area (Å²) in [5, 5.41) is 11.1. The average Bonchev–Trinajstić information content (AvgIpc) is 2.29. The Kier molecular flexibility index (Phi) is 3.17. The number of hydrogen-bond donors (Lipinski definition) is 3. The van der Waals surface area contributed by atoms with Crippen molar-refractivity contribution >= 4 is 12.0 Å². The molecular weight excluding hydrogens is 196 g/mol. The smallest absolute Gasteiger partial charge is 0.326 e. The summed E-state index contributed by atoms with van der Waals surface area (Å²) in [5.74, 6) is -1.13. The topological polar surface area (TPSA) is 92.4 Å². The van der Waals surface area contributed by atoms with E-state index in [1.807, 2.05) is 6.07 Å². The first-order valence-corrected chi connectivity index (χ1v) is 4.38. The molecule has 0 aliphatic heterocycles. The summed E-state index contributed by atoms with van der Waals surface area (Å²) in [6.45, 7) is 0. The lowest BCUT2D eigenvalue weighted by molar-refractivity contribution is -0.139. The van der Waals surface area contributed by atoms with Crippen LogP contribution in [-0.4, -0.2) is 23.1 Å². The highest BCUT2D eigenvalue weighted by atomic mass is 16.4. The Hall–Kier alpha value is -2.04. The summed E-state index contributed by atoms with van der Waals surface area (Å²) in [6, 6.07) is 7.09. The van der Waals surface area contributed by atoms with Gasteiger partial charge in [-0.15, -0.1) is 0 Å². The van der Waals surface area contributed by atoms with E-state index in [-0.39, 0.29) is 6.42 Å². The summed E-state index contributed by atoms with van der Waals surface area (Å²) >= 11 is 0. The van der Waals surface area contributed by atoms with Gasteiger partial charge < -0.3 is 16.2 Å². The number of carbonyl (C=O) groups is 2. The minimum absolute atomic E-state index is 0.184. The Balaban J connectivity index is 2.65. The Bertz CT molecular complexity index is 370. The molecule has 0 heterocycles. The van der Waals surface area contributed by atoms with Crippen LogP contribution in [0.4, 0.5) is 4.79 Å².